The maximum atomic E-state index is 12.2. The topological polar surface area (TPSA) is 56.0 Å². The van der Waals surface area contributed by atoms with E-state index < -0.39 is 0 Å². The lowest BCUT2D eigenvalue weighted by Gasteiger charge is -2.02. The Balaban J connectivity index is 2.26. The van der Waals surface area contributed by atoms with Crippen LogP contribution in [-0.4, -0.2) is 17.3 Å². The molecule has 0 radical (unpaired) electrons. The molecular weight excluding hydrogens is 244 g/mol. The highest BCUT2D eigenvalue weighted by Gasteiger charge is 2.13. The largest absolute Gasteiger partial charge is 0.330 e. The van der Waals surface area contributed by atoms with Gasteiger partial charge in [0.25, 0.3) is 0 Å². The van der Waals surface area contributed by atoms with Crippen LogP contribution in [0.15, 0.2) is 23.6 Å². The Labute approximate surface area is 111 Å². The smallest absolute Gasteiger partial charge is 0.212 e. The van der Waals surface area contributed by atoms with Crippen LogP contribution >= 0.6 is 11.3 Å². The van der Waals surface area contributed by atoms with Crippen molar-refractivity contribution in [3.05, 3.63) is 51.0 Å². The van der Waals surface area contributed by atoms with Crippen LogP contribution in [0.5, 0.6) is 0 Å². The van der Waals surface area contributed by atoms with Gasteiger partial charge in [0, 0.05) is 17.4 Å². The molecule has 0 aliphatic rings. The van der Waals surface area contributed by atoms with Crippen molar-refractivity contribution in [2.24, 2.45) is 5.73 Å². The van der Waals surface area contributed by atoms with Crippen LogP contribution < -0.4 is 5.73 Å². The fourth-order valence-electron chi connectivity index (χ4n) is 1.68. The van der Waals surface area contributed by atoms with Crippen molar-refractivity contribution in [3.8, 4) is 0 Å². The van der Waals surface area contributed by atoms with E-state index in [0.717, 1.165) is 17.0 Å². The standard InChI is InChI=1S/C14H16N2OS/c1-9-3-4-11(7-10(9)2)14(17)12-8-18-13(16-12)5-6-15/h3-4,7-8H,5-6,15H2,1-2H3. The predicted molar refractivity (Wildman–Crippen MR) is 74.2 cm³/mol. The molecule has 0 fully saturated rings. The van der Waals surface area contributed by atoms with Gasteiger partial charge in [-0.1, -0.05) is 12.1 Å². The number of carbonyl (C=O) groups is 1. The number of ketones is 1. The number of hydrogen-bond donors (Lipinski definition) is 1. The number of nitrogens with zero attached hydrogens (tertiary/aromatic N) is 1. The SMILES string of the molecule is Cc1ccc(C(=O)c2csc(CCN)n2)cc1C. The summed E-state index contributed by atoms with van der Waals surface area (Å²) in [5.74, 6) is -0.0161. The average Bonchev–Trinajstić information content (AvgIpc) is 2.81. The number of benzene rings is 1. The first kappa shape index (κ1) is 12.9. The van der Waals surface area contributed by atoms with Gasteiger partial charge in [-0.3, -0.25) is 4.79 Å². The first-order valence-corrected chi connectivity index (χ1v) is 6.76. The van der Waals surface area contributed by atoms with E-state index in [1.807, 2.05) is 37.4 Å². The van der Waals surface area contributed by atoms with Crippen molar-refractivity contribution in [3.63, 3.8) is 0 Å². The monoisotopic (exact) mass is 260 g/mol. The molecule has 2 N–H and O–H groups in total. The molecule has 0 atom stereocenters. The molecule has 0 spiro atoms. The minimum atomic E-state index is -0.0161. The van der Waals surface area contributed by atoms with Gasteiger partial charge in [-0.05, 0) is 37.6 Å². The molecule has 94 valence electrons. The summed E-state index contributed by atoms with van der Waals surface area (Å²) in [6.07, 6.45) is 0.727. The zero-order chi connectivity index (χ0) is 13.1. The summed E-state index contributed by atoms with van der Waals surface area (Å²) in [5, 5.41) is 2.73. The number of nitrogens with two attached hydrogens (primary N) is 1. The minimum absolute atomic E-state index is 0.0161. The van der Waals surface area contributed by atoms with Crippen molar-refractivity contribution in [2.45, 2.75) is 20.3 Å². The van der Waals surface area contributed by atoms with E-state index in [2.05, 4.69) is 4.98 Å². The summed E-state index contributed by atoms with van der Waals surface area (Å²) in [7, 11) is 0. The molecule has 1 heterocycles. The Morgan fingerprint density at radius 1 is 1.33 bits per heavy atom. The van der Waals surface area contributed by atoms with Crippen LogP contribution in [0, 0.1) is 13.8 Å². The quantitative estimate of drug-likeness (QED) is 0.859. The third-order valence-electron chi connectivity index (χ3n) is 2.91. The fourth-order valence-corrected chi connectivity index (χ4v) is 2.48. The Bertz CT molecular complexity index is 575. The first-order valence-electron chi connectivity index (χ1n) is 5.88. The molecule has 4 heteroatoms. The second-order valence-electron chi connectivity index (χ2n) is 4.29. The summed E-state index contributed by atoms with van der Waals surface area (Å²) >= 11 is 1.49. The number of hydrogen-bond acceptors (Lipinski definition) is 4. The fraction of sp³-hybridized carbons (Fsp3) is 0.286. The maximum Gasteiger partial charge on any atom is 0.212 e. The second kappa shape index (κ2) is 5.42. The first-order chi connectivity index (χ1) is 8.61. The zero-order valence-corrected chi connectivity index (χ0v) is 11.4. The Morgan fingerprint density at radius 3 is 2.78 bits per heavy atom. The van der Waals surface area contributed by atoms with Gasteiger partial charge in [0.05, 0.1) is 5.01 Å². The highest BCUT2D eigenvalue weighted by atomic mass is 32.1. The highest BCUT2D eigenvalue weighted by molar-refractivity contribution is 7.09. The molecule has 0 aliphatic carbocycles. The summed E-state index contributed by atoms with van der Waals surface area (Å²) in [4.78, 5) is 16.6. The van der Waals surface area contributed by atoms with Gasteiger partial charge in [0.15, 0.2) is 0 Å². The van der Waals surface area contributed by atoms with E-state index in [1.165, 1.54) is 16.9 Å². The molecule has 0 saturated heterocycles. The summed E-state index contributed by atoms with van der Waals surface area (Å²) in [6, 6.07) is 5.74. The normalized spacial score (nSPS) is 10.6. The number of aryl methyl sites for hydroxylation is 2. The molecule has 0 saturated carbocycles. The molecule has 2 aromatic rings. The molecule has 2 rings (SSSR count). The molecule has 18 heavy (non-hydrogen) atoms. The van der Waals surface area contributed by atoms with Gasteiger partial charge >= 0.3 is 0 Å². The van der Waals surface area contributed by atoms with Crippen LogP contribution in [0.25, 0.3) is 0 Å². The van der Waals surface area contributed by atoms with Crippen molar-refractivity contribution in [2.75, 3.05) is 6.54 Å². The lowest BCUT2D eigenvalue weighted by molar-refractivity contribution is 0.103. The molecule has 1 aromatic heterocycles. The zero-order valence-electron chi connectivity index (χ0n) is 10.6. The van der Waals surface area contributed by atoms with E-state index in [4.69, 9.17) is 5.73 Å². The predicted octanol–water partition coefficient (Wildman–Crippen LogP) is 2.49. The molecular formula is C14H16N2OS. The third kappa shape index (κ3) is 2.66. The molecule has 0 aliphatic heterocycles. The molecule has 0 bridgehead atoms. The van der Waals surface area contributed by atoms with Crippen LogP contribution in [0.4, 0.5) is 0 Å². The lowest BCUT2D eigenvalue weighted by atomic mass is 10.0. The van der Waals surface area contributed by atoms with Crippen molar-refractivity contribution in [1.82, 2.24) is 4.98 Å². The van der Waals surface area contributed by atoms with Gasteiger partial charge < -0.3 is 5.73 Å². The number of thiazole rings is 1. The highest BCUT2D eigenvalue weighted by Crippen LogP contribution is 2.16. The van der Waals surface area contributed by atoms with Crippen molar-refractivity contribution in [1.29, 1.82) is 0 Å². The second-order valence-corrected chi connectivity index (χ2v) is 5.24. The van der Waals surface area contributed by atoms with Gasteiger partial charge in [0.2, 0.25) is 5.78 Å². The summed E-state index contributed by atoms with van der Waals surface area (Å²) < 4.78 is 0. The maximum absolute atomic E-state index is 12.2. The summed E-state index contributed by atoms with van der Waals surface area (Å²) in [5.41, 5.74) is 9.00. The Morgan fingerprint density at radius 2 is 2.11 bits per heavy atom. The van der Waals surface area contributed by atoms with Crippen molar-refractivity contribution < 1.29 is 4.79 Å². The van der Waals surface area contributed by atoms with E-state index in [-0.39, 0.29) is 5.78 Å². The van der Waals surface area contributed by atoms with E-state index in [1.54, 1.807) is 0 Å². The lowest BCUT2D eigenvalue weighted by Crippen LogP contribution is -2.05. The third-order valence-corrected chi connectivity index (χ3v) is 3.82. The number of carbonyl (C=O) groups excluding carboxylic acids is 1. The Hall–Kier alpha value is -1.52. The van der Waals surface area contributed by atoms with Crippen LogP contribution in [0.2, 0.25) is 0 Å². The van der Waals surface area contributed by atoms with E-state index >= 15 is 0 Å². The molecule has 3 nitrogen and oxygen atoms in total. The number of aromatic nitrogens is 1. The van der Waals surface area contributed by atoms with Crippen LogP contribution in [-0.2, 0) is 6.42 Å². The van der Waals surface area contributed by atoms with Gasteiger partial charge in [-0.2, -0.15) is 0 Å². The van der Waals surface area contributed by atoms with Gasteiger partial charge in [-0.15, -0.1) is 11.3 Å². The van der Waals surface area contributed by atoms with Gasteiger partial charge in [0.1, 0.15) is 5.69 Å². The average molecular weight is 260 g/mol. The Kier molecular flexibility index (Phi) is 3.89. The minimum Gasteiger partial charge on any atom is -0.330 e. The van der Waals surface area contributed by atoms with Crippen LogP contribution in [0.1, 0.15) is 32.2 Å². The van der Waals surface area contributed by atoms with E-state index in [9.17, 15) is 4.79 Å². The van der Waals surface area contributed by atoms with Gasteiger partial charge in [-0.25, -0.2) is 4.98 Å². The van der Waals surface area contributed by atoms with E-state index in [0.29, 0.717) is 17.8 Å². The van der Waals surface area contributed by atoms with Crippen LogP contribution in [0.3, 0.4) is 0 Å². The molecule has 1 aromatic carbocycles. The molecule has 0 unspecified atom stereocenters. The summed E-state index contributed by atoms with van der Waals surface area (Å²) in [6.45, 7) is 4.60. The number of rotatable bonds is 4. The van der Waals surface area contributed by atoms with Crippen molar-refractivity contribution >= 4 is 17.1 Å². The molecule has 0 amide bonds.